The van der Waals surface area contributed by atoms with Crippen molar-refractivity contribution in [2.24, 2.45) is 0 Å². The van der Waals surface area contributed by atoms with Gasteiger partial charge in [-0.3, -0.25) is 4.79 Å². The number of nitrogens with zero attached hydrogens (tertiary/aromatic N) is 4. The Kier molecular flexibility index (Phi) is 3.69. The summed E-state index contributed by atoms with van der Waals surface area (Å²) in [6.45, 7) is 0.0502. The molecule has 0 fully saturated rings. The molecular weight excluding hydrogens is 293 g/mol. The molecule has 0 atom stereocenters. The van der Waals surface area contributed by atoms with Crippen LogP contribution in [0.1, 0.15) is 0 Å². The van der Waals surface area contributed by atoms with Crippen molar-refractivity contribution < 1.29 is 9.18 Å². The second kappa shape index (κ2) is 5.80. The molecule has 8 heteroatoms. The van der Waals surface area contributed by atoms with Gasteiger partial charge in [0.25, 0.3) is 0 Å². The molecule has 2 aromatic heterocycles. The first-order chi connectivity index (χ1) is 10.2. The zero-order valence-electron chi connectivity index (χ0n) is 10.7. The molecule has 21 heavy (non-hydrogen) atoms. The van der Waals surface area contributed by atoms with Gasteiger partial charge in [-0.25, -0.2) is 19.0 Å². The van der Waals surface area contributed by atoms with Crippen LogP contribution in [0.4, 0.5) is 9.52 Å². The summed E-state index contributed by atoms with van der Waals surface area (Å²) in [4.78, 5) is 19.8. The van der Waals surface area contributed by atoms with E-state index in [-0.39, 0.29) is 18.3 Å². The van der Waals surface area contributed by atoms with Crippen LogP contribution in [0.5, 0.6) is 0 Å². The number of carbonyl (C=O) groups is 1. The van der Waals surface area contributed by atoms with Crippen LogP contribution in [-0.2, 0) is 11.3 Å². The van der Waals surface area contributed by atoms with Gasteiger partial charge < -0.3 is 5.32 Å². The van der Waals surface area contributed by atoms with Crippen LogP contribution in [0.25, 0.3) is 11.3 Å². The second-order valence-corrected chi connectivity index (χ2v) is 5.02. The molecule has 3 aromatic rings. The number of thiazole rings is 1. The summed E-state index contributed by atoms with van der Waals surface area (Å²) in [5, 5.41) is 8.60. The normalized spacial score (nSPS) is 10.5. The van der Waals surface area contributed by atoms with E-state index >= 15 is 0 Å². The van der Waals surface area contributed by atoms with E-state index in [0.717, 1.165) is 0 Å². The van der Waals surface area contributed by atoms with Gasteiger partial charge in [0.05, 0.1) is 5.69 Å². The Morgan fingerprint density at radius 1 is 1.38 bits per heavy atom. The molecule has 2 heterocycles. The number of nitrogens with one attached hydrogen (secondary N) is 1. The van der Waals surface area contributed by atoms with Crippen molar-refractivity contribution in [2.45, 2.75) is 6.54 Å². The van der Waals surface area contributed by atoms with Crippen LogP contribution in [0, 0.1) is 5.82 Å². The monoisotopic (exact) mass is 303 g/mol. The van der Waals surface area contributed by atoms with Crippen molar-refractivity contribution in [3.8, 4) is 11.3 Å². The molecule has 1 aromatic carbocycles. The van der Waals surface area contributed by atoms with E-state index in [1.165, 1.54) is 34.7 Å². The summed E-state index contributed by atoms with van der Waals surface area (Å²) in [5.74, 6) is -0.613. The molecule has 106 valence electrons. The third kappa shape index (κ3) is 3.11. The van der Waals surface area contributed by atoms with Crippen LogP contribution in [0.15, 0.2) is 42.3 Å². The predicted octanol–water partition coefficient (Wildman–Crippen LogP) is 2.18. The quantitative estimate of drug-likeness (QED) is 0.802. The number of anilines is 1. The third-order valence-corrected chi connectivity index (χ3v) is 3.43. The maximum Gasteiger partial charge on any atom is 0.247 e. The van der Waals surface area contributed by atoms with Gasteiger partial charge in [0.1, 0.15) is 25.0 Å². The lowest BCUT2D eigenvalue weighted by Gasteiger charge is -2.01. The van der Waals surface area contributed by atoms with E-state index < -0.39 is 0 Å². The van der Waals surface area contributed by atoms with Gasteiger partial charge in [-0.15, -0.1) is 11.3 Å². The van der Waals surface area contributed by atoms with Crippen molar-refractivity contribution in [1.82, 2.24) is 19.7 Å². The second-order valence-electron chi connectivity index (χ2n) is 4.16. The molecule has 0 saturated heterocycles. The first kappa shape index (κ1) is 13.4. The minimum absolute atomic E-state index is 0.0502. The maximum atomic E-state index is 13.7. The van der Waals surface area contributed by atoms with Crippen molar-refractivity contribution in [3.05, 3.63) is 48.1 Å². The molecule has 0 spiro atoms. The van der Waals surface area contributed by atoms with Crippen LogP contribution in [0.2, 0.25) is 0 Å². The van der Waals surface area contributed by atoms with Crippen LogP contribution in [-0.4, -0.2) is 25.7 Å². The van der Waals surface area contributed by atoms with Crippen molar-refractivity contribution in [1.29, 1.82) is 0 Å². The zero-order chi connectivity index (χ0) is 14.7. The van der Waals surface area contributed by atoms with Crippen molar-refractivity contribution >= 4 is 22.4 Å². The highest BCUT2D eigenvalue weighted by molar-refractivity contribution is 7.14. The van der Waals surface area contributed by atoms with Gasteiger partial charge in [0.2, 0.25) is 5.91 Å². The van der Waals surface area contributed by atoms with E-state index in [0.29, 0.717) is 16.4 Å². The van der Waals surface area contributed by atoms with Crippen molar-refractivity contribution in [2.75, 3.05) is 5.32 Å². The van der Waals surface area contributed by atoms with E-state index in [4.69, 9.17) is 0 Å². The number of amides is 1. The summed E-state index contributed by atoms with van der Waals surface area (Å²) in [6.07, 6.45) is 2.80. The lowest BCUT2D eigenvalue weighted by Crippen LogP contribution is -2.18. The van der Waals surface area contributed by atoms with E-state index in [1.807, 2.05) is 0 Å². The fraction of sp³-hybridized carbons (Fsp3) is 0.0769. The Bertz CT molecular complexity index is 756. The van der Waals surface area contributed by atoms with Crippen LogP contribution < -0.4 is 5.32 Å². The first-order valence-electron chi connectivity index (χ1n) is 6.05. The first-order valence-corrected chi connectivity index (χ1v) is 6.93. The number of halogens is 1. The van der Waals surface area contributed by atoms with E-state index in [2.05, 4.69) is 20.4 Å². The molecule has 0 aliphatic carbocycles. The lowest BCUT2D eigenvalue weighted by molar-refractivity contribution is -0.116. The number of carbonyl (C=O) groups excluding carboxylic acids is 1. The molecule has 0 unspecified atom stereocenters. The standard InChI is InChI=1S/C13H10FN5OS/c14-10-4-2-1-3-9(10)11-6-21-13(17-11)18-12(20)5-19-8-15-7-16-19/h1-4,6-8H,5H2,(H,17,18,20). The molecule has 1 amide bonds. The summed E-state index contributed by atoms with van der Waals surface area (Å²) in [7, 11) is 0. The topological polar surface area (TPSA) is 72.7 Å². The highest BCUT2D eigenvalue weighted by Crippen LogP contribution is 2.26. The number of benzene rings is 1. The number of aromatic nitrogens is 4. The molecule has 3 rings (SSSR count). The van der Waals surface area contributed by atoms with Crippen molar-refractivity contribution in [3.63, 3.8) is 0 Å². The van der Waals surface area contributed by atoms with Gasteiger partial charge in [-0.1, -0.05) is 12.1 Å². The Labute approximate surface area is 123 Å². The molecule has 0 aliphatic rings. The summed E-state index contributed by atoms with van der Waals surface area (Å²) in [5.41, 5.74) is 0.902. The SMILES string of the molecule is O=C(Cn1cncn1)Nc1nc(-c2ccccc2F)cs1. The van der Waals surface area contributed by atoms with Gasteiger partial charge in [-0.05, 0) is 12.1 Å². The third-order valence-electron chi connectivity index (χ3n) is 2.67. The Morgan fingerprint density at radius 2 is 2.24 bits per heavy atom. The molecule has 0 bridgehead atoms. The zero-order valence-corrected chi connectivity index (χ0v) is 11.5. The van der Waals surface area contributed by atoms with Crippen LogP contribution in [0.3, 0.4) is 0 Å². The fourth-order valence-corrected chi connectivity index (χ4v) is 2.47. The lowest BCUT2D eigenvalue weighted by atomic mass is 10.2. The summed E-state index contributed by atoms with van der Waals surface area (Å²) in [6, 6.07) is 6.37. The van der Waals surface area contributed by atoms with Gasteiger partial charge >= 0.3 is 0 Å². The molecule has 0 radical (unpaired) electrons. The average Bonchev–Trinajstić information content (AvgIpc) is 3.11. The molecule has 0 aliphatic heterocycles. The Morgan fingerprint density at radius 3 is 3.00 bits per heavy atom. The average molecular weight is 303 g/mol. The minimum Gasteiger partial charge on any atom is -0.300 e. The molecule has 6 nitrogen and oxygen atoms in total. The predicted molar refractivity (Wildman–Crippen MR) is 76.2 cm³/mol. The van der Waals surface area contributed by atoms with Crippen LogP contribution >= 0.6 is 11.3 Å². The fourth-order valence-electron chi connectivity index (χ4n) is 1.74. The molecule has 0 saturated carbocycles. The minimum atomic E-state index is -0.344. The number of rotatable bonds is 4. The molecular formula is C13H10FN5OS. The summed E-state index contributed by atoms with van der Waals surface area (Å²) < 4.78 is 15.1. The van der Waals surface area contributed by atoms with E-state index in [1.54, 1.807) is 23.6 Å². The highest BCUT2D eigenvalue weighted by atomic mass is 32.1. The van der Waals surface area contributed by atoms with Gasteiger partial charge in [0.15, 0.2) is 5.13 Å². The maximum absolute atomic E-state index is 13.7. The largest absolute Gasteiger partial charge is 0.300 e. The van der Waals surface area contributed by atoms with Gasteiger partial charge in [-0.2, -0.15) is 5.10 Å². The highest BCUT2D eigenvalue weighted by Gasteiger charge is 2.11. The Hall–Kier alpha value is -2.61. The van der Waals surface area contributed by atoms with E-state index in [9.17, 15) is 9.18 Å². The smallest absolute Gasteiger partial charge is 0.247 e. The number of hydrogen-bond acceptors (Lipinski definition) is 5. The molecule has 1 N–H and O–H groups in total. The Balaban J connectivity index is 1.71. The number of hydrogen-bond donors (Lipinski definition) is 1. The van der Waals surface area contributed by atoms with Gasteiger partial charge in [0, 0.05) is 10.9 Å². The summed E-state index contributed by atoms with van der Waals surface area (Å²) >= 11 is 1.24.